The monoisotopic (exact) mass is 312 g/mol. The SMILES string of the molecule is CNCCCc1ncc(-c2cc(Br)ccc2F)o1. The molecular formula is C13H14BrFN2O. The van der Waals surface area contributed by atoms with Crippen molar-refractivity contribution in [3.8, 4) is 11.3 Å². The average molecular weight is 313 g/mol. The van der Waals surface area contributed by atoms with Crippen molar-refractivity contribution < 1.29 is 8.81 Å². The molecule has 3 nitrogen and oxygen atoms in total. The molecule has 2 aromatic rings. The van der Waals surface area contributed by atoms with Gasteiger partial charge >= 0.3 is 0 Å². The highest BCUT2D eigenvalue weighted by Crippen LogP contribution is 2.27. The maximum atomic E-state index is 13.7. The van der Waals surface area contributed by atoms with E-state index < -0.39 is 0 Å². The first-order valence-electron chi connectivity index (χ1n) is 5.75. The zero-order chi connectivity index (χ0) is 13.0. The number of aryl methyl sites for hydroxylation is 1. The number of rotatable bonds is 5. The van der Waals surface area contributed by atoms with E-state index >= 15 is 0 Å². The smallest absolute Gasteiger partial charge is 0.194 e. The Balaban J connectivity index is 2.16. The lowest BCUT2D eigenvalue weighted by Gasteiger charge is -2.00. The molecule has 96 valence electrons. The largest absolute Gasteiger partial charge is 0.441 e. The van der Waals surface area contributed by atoms with Crippen molar-refractivity contribution in [2.75, 3.05) is 13.6 Å². The number of benzene rings is 1. The number of hydrogen-bond donors (Lipinski definition) is 1. The second kappa shape index (κ2) is 6.11. The molecule has 0 radical (unpaired) electrons. The predicted molar refractivity (Wildman–Crippen MR) is 71.8 cm³/mol. The fourth-order valence-electron chi connectivity index (χ4n) is 1.65. The highest BCUT2D eigenvalue weighted by atomic mass is 79.9. The minimum absolute atomic E-state index is 0.309. The van der Waals surface area contributed by atoms with Gasteiger partial charge in [-0.15, -0.1) is 0 Å². The Labute approximate surface area is 114 Å². The van der Waals surface area contributed by atoms with Crippen molar-refractivity contribution in [1.29, 1.82) is 0 Å². The van der Waals surface area contributed by atoms with Crippen LogP contribution in [-0.4, -0.2) is 18.6 Å². The number of hydrogen-bond acceptors (Lipinski definition) is 3. The normalized spacial score (nSPS) is 10.8. The van der Waals surface area contributed by atoms with Crippen LogP contribution in [0.25, 0.3) is 11.3 Å². The fraction of sp³-hybridized carbons (Fsp3) is 0.308. The minimum atomic E-state index is -0.309. The van der Waals surface area contributed by atoms with Crippen molar-refractivity contribution in [3.05, 3.63) is 40.6 Å². The number of nitrogens with one attached hydrogen (secondary N) is 1. The van der Waals surface area contributed by atoms with Gasteiger partial charge in [0.15, 0.2) is 11.7 Å². The lowest BCUT2D eigenvalue weighted by Crippen LogP contribution is -2.08. The van der Waals surface area contributed by atoms with Gasteiger partial charge in [0.25, 0.3) is 0 Å². The summed E-state index contributed by atoms with van der Waals surface area (Å²) in [6, 6.07) is 4.75. The maximum Gasteiger partial charge on any atom is 0.194 e. The number of nitrogens with zero attached hydrogens (tertiary/aromatic N) is 1. The standard InChI is InChI=1S/C13H14BrFN2O/c1-16-6-2-3-13-17-8-12(18-13)10-7-9(14)4-5-11(10)15/h4-5,7-8,16H,2-3,6H2,1H3. The van der Waals surface area contributed by atoms with E-state index in [9.17, 15) is 4.39 Å². The van der Waals surface area contributed by atoms with Gasteiger partial charge in [-0.2, -0.15) is 0 Å². The Bertz CT molecular complexity index is 527. The molecular weight excluding hydrogens is 299 g/mol. The zero-order valence-electron chi connectivity index (χ0n) is 10.0. The molecule has 0 amide bonds. The van der Waals surface area contributed by atoms with Crippen LogP contribution >= 0.6 is 15.9 Å². The molecule has 18 heavy (non-hydrogen) atoms. The molecule has 2 rings (SSSR count). The van der Waals surface area contributed by atoms with Crippen LogP contribution in [0.3, 0.4) is 0 Å². The van der Waals surface area contributed by atoms with Crippen molar-refractivity contribution in [3.63, 3.8) is 0 Å². The van der Waals surface area contributed by atoms with E-state index in [1.54, 1.807) is 18.3 Å². The Kier molecular flexibility index (Phi) is 4.49. The van der Waals surface area contributed by atoms with Crippen LogP contribution in [-0.2, 0) is 6.42 Å². The molecule has 0 bridgehead atoms. The van der Waals surface area contributed by atoms with Gasteiger partial charge in [0, 0.05) is 10.9 Å². The van der Waals surface area contributed by atoms with Gasteiger partial charge in [-0.3, -0.25) is 0 Å². The third-order valence-corrected chi connectivity index (χ3v) is 3.06. The molecule has 0 fully saturated rings. The van der Waals surface area contributed by atoms with Gasteiger partial charge in [0.1, 0.15) is 5.82 Å². The molecule has 1 heterocycles. The third-order valence-electron chi connectivity index (χ3n) is 2.56. The van der Waals surface area contributed by atoms with Crippen LogP contribution in [0, 0.1) is 5.82 Å². The Morgan fingerprint density at radius 2 is 2.28 bits per heavy atom. The van der Waals surface area contributed by atoms with Gasteiger partial charge in [0.05, 0.1) is 11.8 Å². The summed E-state index contributed by atoms with van der Waals surface area (Å²) in [4.78, 5) is 4.16. The molecule has 5 heteroatoms. The summed E-state index contributed by atoms with van der Waals surface area (Å²) in [6.45, 7) is 0.906. The molecule has 0 unspecified atom stereocenters. The molecule has 1 N–H and O–H groups in total. The van der Waals surface area contributed by atoms with E-state index in [1.807, 2.05) is 7.05 Å². The van der Waals surface area contributed by atoms with E-state index in [-0.39, 0.29) is 5.82 Å². The first-order chi connectivity index (χ1) is 8.70. The lowest BCUT2D eigenvalue weighted by atomic mass is 10.2. The first kappa shape index (κ1) is 13.2. The lowest BCUT2D eigenvalue weighted by molar-refractivity contribution is 0.492. The summed E-state index contributed by atoms with van der Waals surface area (Å²) in [6.07, 6.45) is 3.26. The van der Waals surface area contributed by atoms with E-state index in [1.165, 1.54) is 6.07 Å². The Hall–Kier alpha value is -1.20. The predicted octanol–water partition coefficient (Wildman–Crippen LogP) is 3.40. The van der Waals surface area contributed by atoms with E-state index in [2.05, 4.69) is 26.2 Å². The van der Waals surface area contributed by atoms with Crippen molar-refractivity contribution in [2.45, 2.75) is 12.8 Å². The molecule has 0 aliphatic heterocycles. The first-order valence-corrected chi connectivity index (χ1v) is 6.54. The van der Waals surface area contributed by atoms with Crippen molar-refractivity contribution >= 4 is 15.9 Å². The summed E-state index contributed by atoms with van der Waals surface area (Å²) in [5.41, 5.74) is 0.428. The van der Waals surface area contributed by atoms with Gasteiger partial charge in [-0.05, 0) is 38.2 Å². The Morgan fingerprint density at radius 3 is 3.06 bits per heavy atom. The molecule has 0 aliphatic rings. The van der Waals surface area contributed by atoms with Crippen LogP contribution in [0.4, 0.5) is 4.39 Å². The van der Waals surface area contributed by atoms with Gasteiger partial charge < -0.3 is 9.73 Å². The van der Waals surface area contributed by atoms with E-state index in [0.29, 0.717) is 17.2 Å². The molecule has 0 spiro atoms. The topological polar surface area (TPSA) is 38.1 Å². The highest BCUT2D eigenvalue weighted by molar-refractivity contribution is 9.10. The molecule has 0 atom stereocenters. The summed E-state index contributed by atoms with van der Waals surface area (Å²) >= 11 is 3.31. The fourth-order valence-corrected chi connectivity index (χ4v) is 2.01. The number of oxazole rings is 1. The van der Waals surface area contributed by atoms with Gasteiger partial charge in [-0.1, -0.05) is 15.9 Å². The Morgan fingerprint density at radius 1 is 1.44 bits per heavy atom. The van der Waals surface area contributed by atoms with Crippen LogP contribution in [0.1, 0.15) is 12.3 Å². The second-order valence-electron chi connectivity index (χ2n) is 3.95. The van der Waals surface area contributed by atoms with E-state index in [4.69, 9.17) is 4.42 Å². The van der Waals surface area contributed by atoms with Crippen molar-refractivity contribution in [1.82, 2.24) is 10.3 Å². The van der Waals surface area contributed by atoms with Crippen LogP contribution in [0.5, 0.6) is 0 Å². The van der Waals surface area contributed by atoms with Gasteiger partial charge in [-0.25, -0.2) is 9.37 Å². The van der Waals surface area contributed by atoms with Crippen LogP contribution < -0.4 is 5.32 Å². The maximum absolute atomic E-state index is 13.7. The summed E-state index contributed by atoms with van der Waals surface area (Å²) in [7, 11) is 1.90. The molecule has 0 saturated heterocycles. The second-order valence-corrected chi connectivity index (χ2v) is 4.87. The molecule has 1 aromatic carbocycles. The van der Waals surface area contributed by atoms with Crippen LogP contribution in [0.2, 0.25) is 0 Å². The summed E-state index contributed by atoms with van der Waals surface area (Å²) in [5.74, 6) is 0.795. The quantitative estimate of drug-likeness (QED) is 0.860. The van der Waals surface area contributed by atoms with Crippen LogP contribution in [0.15, 0.2) is 33.3 Å². The summed E-state index contributed by atoms with van der Waals surface area (Å²) < 4.78 is 20.0. The summed E-state index contributed by atoms with van der Waals surface area (Å²) in [5, 5.41) is 3.06. The molecule has 0 aliphatic carbocycles. The highest BCUT2D eigenvalue weighted by Gasteiger charge is 2.11. The number of aromatic nitrogens is 1. The zero-order valence-corrected chi connectivity index (χ0v) is 11.6. The molecule has 0 saturated carbocycles. The van der Waals surface area contributed by atoms with Crippen molar-refractivity contribution in [2.24, 2.45) is 0 Å². The number of halogens is 2. The van der Waals surface area contributed by atoms with Gasteiger partial charge in [0.2, 0.25) is 0 Å². The average Bonchev–Trinajstić information content (AvgIpc) is 2.81. The molecule has 1 aromatic heterocycles. The minimum Gasteiger partial charge on any atom is -0.441 e. The van der Waals surface area contributed by atoms with E-state index in [0.717, 1.165) is 23.9 Å². The third kappa shape index (κ3) is 3.17.